The van der Waals surface area contributed by atoms with Gasteiger partial charge in [0.25, 0.3) is 5.91 Å². The summed E-state index contributed by atoms with van der Waals surface area (Å²) in [5.74, 6) is 1.12. The minimum absolute atomic E-state index is 0.221. The Kier molecular flexibility index (Phi) is 4.39. The number of aromatic nitrogens is 2. The molecule has 1 aromatic heterocycles. The van der Waals surface area contributed by atoms with E-state index in [2.05, 4.69) is 26.3 Å². The van der Waals surface area contributed by atoms with Crippen LogP contribution in [0.5, 0.6) is 11.5 Å². The summed E-state index contributed by atoms with van der Waals surface area (Å²) in [5, 5.41) is 7.38. The van der Waals surface area contributed by atoms with Crippen LogP contribution in [0.25, 0.3) is 11.3 Å². The smallest absolute Gasteiger partial charge is 0.276 e. The van der Waals surface area contributed by atoms with Crippen LogP contribution < -0.4 is 14.8 Å². The van der Waals surface area contributed by atoms with E-state index in [0.29, 0.717) is 23.6 Å². The Balaban J connectivity index is 1.71. The van der Waals surface area contributed by atoms with Gasteiger partial charge in [0, 0.05) is 34.8 Å². The third-order valence-corrected chi connectivity index (χ3v) is 5.22. The van der Waals surface area contributed by atoms with Gasteiger partial charge in [0.15, 0.2) is 17.2 Å². The molecule has 7 heteroatoms. The predicted octanol–water partition coefficient (Wildman–Crippen LogP) is 4.02. The average Bonchev–Trinajstić information content (AvgIpc) is 3.19. The van der Waals surface area contributed by atoms with Gasteiger partial charge in [-0.25, -0.2) is 0 Å². The molecule has 1 aliphatic carbocycles. The van der Waals surface area contributed by atoms with Gasteiger partial charge in [0.05, 0.1) is 19.9 Å². The SMILES string of the molecule is COc1cc2c(cc1OC)-c1c(c(C(=O)Nc3ccc(Br)cc3)nn1C)C2. The first kappa shape index (κ1) is 17.6. The van der Waals surface area contributed by atoms with Crippen LogP contribution >= 0.6 is 15.9 Å². The Morgan fingerprint density at radius 2 is 1.81 bits per heavy atom. The molecule has 0 radical (unpaired) electrons. The lowest BCUT2D eigenvalue weighted by atomic mass is 10.1. The first-order valence-corrected chi connectivity index (χ1v) is 9.19. The van der Waals surface area contributed by atoms with Crippen LogP contribution in [-0.4, -0.2) is 29.9 Å². The van der Waals surface area contributed by atoms with Gasteiger partial charge in [0.1, 0.15) is 0 Å². The van der Waals surface area contributed by atoms with E-state index in [-0.39, 0.29) is 5.91 Å². The molecule has 6 nitrogen and oxygen atoms in total. The Hall–Kier alpha value is -2.80. The third kappa shape index (κ3) is 2.98. The standard InChI is InChI=1S/C20H18BrN3O3/c1-24-19-14-10-17(27-3)16(26-2)9-11(14)8-15(19)18(23-24)20(25)22-13-6-4-12(21)5-7-13/h4-7,9-10H,8H2,1-3H3,(H,22,25). The lowest BCUT2D eigenvalue weighted by Crippen LogP contribution is -2.14. The molecule has 1 heterocycles. The normalized spacial score (nSPS) is 11.7. The first-order valence-electron chi connectivity index (χ1n) is 8.40. The highest BCUT2D eigenvalue weighted by Crippen LogP contribution is 2.43. The molecule has 1 N–H and O–H groups in total. The largest absolute Gasteiger partial charge is 0.493 e. The molecule has 1 amide bonds. The summed E-state index contributed by atoms with van der Waals surface area (Å²) in [4.78, 5) is 12.8. The number of methoxy groups -OCH3 is 2. The number of ether oxygens (including phenoxy) is 2. The molecule has 0 bridgehead atoms. The molecule has 0 saturated carbocycles. The highest BCUT2D eigenvalue weighted by Gasteiger charge is 2.31. The van der Waals surface area contributed by atoms with Crippen LogP contribution in [0.3, 0.4) is 0 Å². The van der Waals surface area contributed by atoms with Crippen LogP contribution in [0.2, 0.25) is 0 Å². The summed E-state index contributed by atoms with van der Waals surface area (Å²) in [6, 6.07) is 11.4. The van der Waals surface area contributed by atoms with Gasteiger partial charge in [-0.1, -0.05) is 15.9 Å². The summed E-state index contributed by atoms with van der Waals surface area (Å²) in [5.41, 5.74) is 5.11. The van der Waals surface area contributed by atoms with Crippen molar-refractivity contribution < 1.29 is 14.3 Å². The summed E-state index contributed by atoms with van der Waals surface area (Å²) in [6.45, 7) is 0. The summed E-state index contributed by atoms with van der Waals surface area (Å²) in [7, 11) is 5.08. The summed E-state index contributed by atoms with van der Waals surface area (Å²) >= 11 is 3.39. The number of carbonyl (C=O) groups is 1. The maximum atomic E-state index is 12.8. The lowest BCUT2D eigenvalue weighted by Gasteiger charge is -2.11. The van der Waals surface area contributed by atoms with Crippen LogP contribution in [0.1, 0.15) is 21.6 Å². The molecule has 1 aliphatic rings. The maximum Gasteiger partial charge on any atom is 0.276 e. The number of benzene rings is 2. The van der Waals surface area contributed by atoms with Crippen molar-refractivity contribution >= 4 is 27.5 Å². The molecular formula is C20H18BrN3O3. The van der Waals surface area contributed by atoms with Crippen molar-refractivity contribution in [2.75, 3.05) is 19.5 Å². The van der Waals surface area contributed by atoms with E-state index in [1.165, 1.54) is 0 Å². The number of fused-ring (bicyclic) bond motifs is 3. The number of aryl methyl sites for hydroxylation is 1. The number of hydrogen-bond donors (Lipinski definition) is 1. The number of carbonyl (C=O) groups excluding carboxylic acids is 1. The fourth-order valence-corrected chi connectivity index (χ4v) is 3.72. The van der Waals surface area contributed by atoms with E-state index in [9.17, 15) is 4.79 Å². The van der Waals surface area contributed by atoms with Crippen molar-refractivity contribution in [3.8, 4) is 22.8 Å². The second-order valence-corrected chi connectivity index (χ2v) is 7.22. The lowest BCUT2D eigenvalue weighted by molar-refractivity contribution is 0.102. The Morgan fingerprint density at radius 1 is 1.15 bits per heavy atom. The molecule has 4 rings (SSSR count). The number of hydrogen-bond acceptors (Lipinski definition) is 4. The minimum Gasteiger partial charge on any atom is -0.493 e. The van der Waals surface area contributed by atoms with E-state index in [4.69, 9.17) is 9.47 Å². The number of anilines is 1. The summed E-state index contributed by atoms with van der Waals surface area (Å²) in [6.07, 6.45) is 0.627. The van der Waals surface area contributed by atoms with Gasteiger partial charge >= 0.3 is 0 Å². The fourth-order valence-electron chi connectivity index (χ4n) is 3.46. The molecule has 2 aromatic carbocycles. The molecule has 0 spiro atoms. The second kappa shape index (κ2) is 6.74. The molecule has 0 saturated heterocycles. The minimum atomic E-state index is -0.221. The molecule has 0 unspecified atom stereocenters. The molecule has 0 aliphatic heterocycles. The van der Waals surface area contributed by atoms with Gasteiger partial charge in [-0.15, -0.1) is 0 Å². The van der Waals surface area contributed by atoms with E-state index >= 15 is 0 Å². The van der Waals surface area contributed by atoms with Gasteiger partial charge < -0.3 is 14.8 Å². The zero-order valence-electron chi connectivity index (χ0n) is 15.2. The monoisotopic (exact) mass is 427 g/mol. The Labute approximate surface area is 165 Å². The number of halogens is 1. The zero-order valence-corrected chi connectivity index (χ0v) is 16.8. The van der Waals surface area contributed by atoms with Gasteiger partial charge in [-0.3, -0.25) is 9.48 Å². The molecule has 3 aromatic rings. The van der Waals surface area contributed by atoms with Crippen molar-refractivity contribution in [2.45, 2.75) is 6.42 Å². The predicted molar refractivity (Wildman–Crippen MR) is 107 cm³/mol. The molecular weight excluding hydrogens is 410 g/mol. The van der Waals surface area contributed by atoms with E-state index in [0.717, 1.165) is 32.5 Å². The number of amides is 1. The van der Waals surface area contributed by atoms with Crippen molar-refractivity contribution in [2.24, 2.45) is 7.05 Å². The topological polar surface area (TPSA) is 65.4 Å². The van der Waals surface area contributed by atoms with Crippen molar-refractivity contribution in [3.63, 3.8) is 0 Å². The quantitative estimate of drug-likeness (QED) is 0.533. The highest BCUT2D eigenvalue weighted by atomic mass is 79.9. The van der Waals surface area contributed by atoms with E-state index < -0.39 is 0 Å². The molecule has 27 heavy (non-hydrogen) atoms. The Morgan fingerprint density at radius 3 is 2.48 bits per heavy atom. The number of nitrogens with one attached hydrogen (secondary N) is 1. The molecule has 0 atom stereocenters. The van der Waals surface area contributed by atoms with Crippen molar-refractivity contribution in [1.82, 2.24) is 9.78 Å². The number of rotatable bonds is 4. The van der Waals surface area contributed by atoms with Crippen LogP contribution in [-0.2, 0) is 13.5 Å². The Bertz CT molecular complexity index is 1040. The van der Waals surface area contributed by atoms with Crippen LogP contribution in [0.4, 0.5) is 5.69 Å². The van der Waals surface area contributed by atoms with Crippen molar-refractivity contribution in [3.05, 3.63) is 57.7 Å². The van der Waals surface area contributed by atoms with Crippen molar-refractivity contribution in [1.29, 1.82) is 0 Å². The van der Waals surface area contributed by atoms with Crippen LogP contribution in [0.15, 0.2) is 40.9 Å². The van der Waals surface area contributed by atoms with E-state index in [1.54, 1.807) is 18.9 Å². The van der Waals surface area contributed by atoms with Crippen LogP contribution in [0, 0.1) is 0 Å². The molecule has 0 fully saturated rings. The third-order valence-electron chi connectivity index (χ3n) is 4.69. The fraction of sp³-hybridized carbons (Fsp3) is 0.200. The highest BCUT2D eigenvalue weighted by molar-refractivity contribution is 9.10. The summed E-state index contributed by atoms with van der Waals surface area (Å²) < 4.78 is 13.5. The van der Waals surface area contributed by atoms with E-state index in [1.807, 2.05) is 43.4 Å². The van der Waals surface area contributed by atoms with Gasteiger partial charge in [-0.05, 0) is 42.0 Å². The van der Waals surface area contributed by atoms with Gasteiger partial charge in [0.2, 0.25) is 0 Å². The second-order valence-electron chi connectivity index (χ2n) is 6.30. The zero-order chi connectivity index (χ0) is 19.1. The van der Waals surface area contributed by atoms with Gasteiger partial charge in [-0.2, -0.15) is 5.10 Å². The average molecular weight is 428 g/mol. The first-order chi connectivity index (χ1) is 13.0. The molecule has 138 valence electrons. The number of nitrogens with zero attached hydrogens (tertiary/aromatic N) is 2. The maximum absolute atomic E-state index is 12.8.